The van der Waals surface area contributed by atoms with Gasteiger partial charge in [0.15, 0.2) is 11.6 Å². The second kappa shape index (κ2) is 5.71. The fourth-order valence-electron chi connectivity index (χ4n) is 1.81. The SMILES string of the molecule is Fc1ccc(C(Br)c2cccc(C(F)(F)F)c2F)cc1F. The lowest BCUT2D eigenvalue weighted by Gasteiger charge is -2.15. The lowest BCUT2D eigenvalue weighted by molar-refractivity contribution is -0.140. The normalized spacial score (nSPS) is 13.3. The van der Waals surface area contributed by atoms with Gasteiger partial charge in [-0.1, -0.05) is 34.1 Å². The van der Waals surface area contributed by atoms with Gasteiger partial charge in [0, 0.05) is 5.56 Å². The van der Waals surface area contributed by atoms with Crippen molar-refractivity contribution >= 4 is 15.9 Å². The van der Waals surface area contributed by atoms with Crippen molar-refractivity contribution in [2.45, 2.75) is 11.0 Å². The summed E-state index contributed by atoms with van der Waals surface area (Å²) in [6, 6.07) is 5.60. The highest BCUT2D eigenvalue weighted by Crippen LogP contribution is 2.38. The van der Waals surface area contributed by atoms with Crippen molar-refractivity contribution in [1.29, 1.82) is 0 Å². The van der Waals surface area contributed by atoms with Crippen LogP contribution in [0.25, 0.3) is 0 Å². The minimum atomic E-state index is -4.83. The average molecular weight is 369 g/mol. The molecule has 0 aromatic heterocycles. The van der Waals surface area contributed by atoms with Crippen molar-refractivity contribution in [1.82, 2.24) is 0 Å². The van der Waals surface area contributed by atoms with Crippen molar-refractivity contribution in [3.63, 3.8) is 0 Å². The summed E-state index contributed by atoms with van der Waals surface area (Å²) in [7, 11) is 0. The molecule has 0 heterocycles. The average Bonchev–Trinajstić information content (AvgIpc) is 2.40. The van der Waals surface area contributed by atoms with Crippen LogP contribution in [-0.4, -0.2) is 0 Å². The molecule has 0 radical (unpaired) electrons. The maximum atomic E-state index is 14.0. The van der Waals surface area contributed by atoms with Crippen molar-refractivity contribution in [2.75, 3.05) is 0 Å². The van der Waals surface area contributed by atoms with E-state index in [2.05, 4.69) is 15.9 Å². The minimum Gasteiger partial charge on any atom is -0.206 e. The van der Waals surface area contributed by atoms with E-state index in [4.69, 9.17) is 0 Å². The van der Waals surface area contributed by atoms with Crippen LogP contribution in [0.1, 0.15) is 21.5 Å². The molecular weight excluding hydrogens is 362 g/mol. The van der Waals surface area contributed by atoms with Crippen LogP contribution in [-0.2, 0) is 6.18 Å². The van der Waals surface area contributed by atoms with Crippen LogP contribution < -0.4 is 0 Å². The molecule has 1 unspecified atom stereocenters. The minimum absolute atomic E-state index is 0.104. The summed E-state index contributed by atoms with van der Waals surface area (Å²) in [4.78, 5) is -1.03. The second-order valence-corrected chi connectivity index (χ2v) is 5.16. The summed E-state index contributed by atoms with van der Waals surface area (Å²) < 4.78 is 77.9. The first-order valence-corrected chi connectivity index (χ1v) is 6.58. The Bertz CT molecular complexity index is 665. The number of halogens is 7. The maximum absolute atomic E-state index is 14.0. The van der Waals surface area contributed by atoms with Gasteiger partial charge in [0.25, 0.3) is 0 Å². The predicted octanol–water partition coefficient (Wildman–Crippen LogP) is 5.61. The Kier molecular flexibility index (Phi) is 4.32. The van der Waals surface area contributed by atoms with Gasteiger partial charge in [0.2, 0.25) is 0 Å². The predicted molar refractivity (Wildman–Crippen MR) is 68.5 cm³/mol. The number of rotatable bonds is 2. The Morgan fingerprint density at radius 3 is 2.14 bits per heavy atom. The van der Waals surface area contributed by atoms with E-state index < -0.39 is 34.0 Å². The van der Waals surface area contributed by atoms with Crippen LogP contribution in [0.3, 0.4) is 0 Å². The van der Waals surface area contributed by atoms with E-state index in [1.807, 2.05) is 0 Å². The number of alkyl halides is 4. The Balaban J connectivity index is 2.48. The molecule has 0 aliphatic rings. The number of benzene rings is 2. The van der Waals surface area contributed by atoms with Crippen LogP contribution in [0, 0.1) is 17.5 Å². The summed E-state index contributed by atoms with van der Waals surface area (Å²) >= 11 is 3.01. The Hall–Kier alpha value is -1.50. The monoisotopic (exact) mass is 368 g/mol. The topological polar surface area (TPSA) is 0 Å². The van der Waals surface area contributed by atoms with Gasteiger partial charge in [0.1, 0.15) is 5.82 Å². The van der Waals surface area contributed by atoms with E-state index in [1.165, 1.54) is 0 Å². The molecule has 21 heavy (non-hydrogen) atoms. The zero-order valence-corrected chi connectivity index (χ0v) is 11.8. The molecule has 1 atom stereocenters. The van der Waals surface area contributed by atoms with Crippen molar-refractivity contribution < 1.29 is 26.3 Å². The van der Waals surface area contributed by atoms with Crippen LogP contribution >= 0.6 is 15.9 Å². The maximum Gasteiger partial charge on any atom is 0.419 e. The first kappa shape index (κ1) is 15.9. The quantitative estimate of drug-likeness (QED) is 0.477. The molecule has 112 valence electrons. The van der Waals surface area contributed by atoms with E-state index in [0.29, 0.717) is 6.07 Å². The highest BCUT2D eigenvalue weighted by molar-refractivity contribution is 9.09. The van der Waals surface area contributed by atoms with Gasteiger partial charge in [-0.2, -0.15) is 13.2 Å². The first-order chi connectivity index (χ1) is 9.71. The Morgan fingerprint density at radius 2 is 1.57 bits per heavy atom. The van der Waals surface area contributed by atoms with Gasteiger partial charge >= 0.3 is 6.18 Å². The lowest BCUT2D eigenvalue weighted by Crippen LogP contribution is -2.10. The lowest BCUT2D eigenvalue weighted by atomic mass is 10.0. The molecule has 0 fully saturated rings. The molecule has 0 spiro atoms. The van der Waals surface area contributed by atoms with Gasteiger partial charge in [-0.3, -0.25) is 0 Å². The molecular formula is C14H7BrF6. The highest BCUT2D eigenvalue weighted by Gasteiger charge is 2.35. The standard InChI is InChI=1S/C14H7BrF6/c15-12(7-4-5-10(16)11(17)6-7)8-2-1-3-9(13(8)18)14(19,20)21/h1-6,12H. The summed E-state index contributed by atoms with van der Waals surface area (Å²) in [5.41, 5.74) is -1.62. The van der Waals surface area contributed by atoms with Crippen molar-refractivity contribution in [3.8, 4) is 0 Å². The summed E-state index contributed by atoms with van der Waals surface area (Å²) in [6.45, 7) is 0. The third-order valence-corrected chi connectivity index (χ3v) is 3.87. The molecule has 0 aliphatic heterocycles. The molecule has 0 nitrogen and oxygen atoms in total. The van der Waals surface area contributed by atoms with E-state index >= 15 is 0 Å². The first-order valence-electron chi connectivity index (χ1n) is 5.66. The molecule has 0 bridgehead atoms. The van der Waals surface area contributed by atoms with E-state index in [1.54, 1.807) is 0 Å². The van der Waals surface area contributed by atoms with E-state index in [9.17, 15) is 26.3 Å². The smallest absolute Gasteiger partial charge is 0.206 e. The molecule has 0 saturated heterocycles. The molecule has 7 heteroatoms. The largest absolute Gasteiger partial charge is 0.419 e. The molecule has 0 aliphatic carbocycles. The molecule has 0 N–H and O–H groups in total. The van der Waals surface area contributed by atoms with Gasteiger partial charge in [-0.15, -0.1) is 0 Å². The zero-order chi connectivity index (χ0) is 15.8. The fourth-order valence-corrected chi connectivity index (χ4v) is 2.45. The van der Waals surface area contributed by atoms with Gasteiger partial charge < -0.3 is 0 Å². The molecule has 2 aromatic carbocycles. The number of hydrogen-bond acceptors (Lipinski definition) is 0. The van der Waals surface area contributed by atoms with Crippen LogP contribution in [0.4, 0.5) is 26.3 Å². The Morgan fingerprint density at radius 1 is 0.905 bits per heavy atom. The fraction of sp³-hybridized carbons (Fsp3) is 0.143. The molecule has 0 amide bonds. The van der Waals surface area contributed by atoms with Crippen LogP contribution in [0.5, 0.6) is 0 Å². The Labute approximate surface area is 124 Å². The highest BCUT2D eigenvalue weighted by atomic mass is 79.9. The zero-order valence-electron chi connectivity index (χ0n) is 10.2. The van der Waals surface area contributed by atoms with Gasteiger partial charge in [0.05, 0.1) is 10.4 Å². The van der Waals surface area contributed by atoms with E-state index in [-0.39, 0.29) is 11.1 Å². The summed E-state index contributed by atoms with van der Waals surface area (Å²) in [5.74, 6) is -3.70. The third kappa shape index (κ3) is 3.23. The van der Waals surface area contributed by atoms with Crippen LogP contribution in [0.15, 0.2) is 36.4 Å². The van der Waals surface area contributed by atoms with Crippen molar-refractivity contribution in [2.24, 2.45) is 0 Å². The third-order valence-electron chi connectivity index (χ3n) is 2.84. The number of hydrogen-bond donors (Lipinski definition) is 0. The van der Waals surface area contributed by atoms with Gasteiger partial charge in [-0.05, 0) is 23.8 Å². The summed E-state index contributed by atoms with van der Waals surface area (Å²) in [5, 5.41) is 0. The van der Waals surface area contributed by atoms with E-state index in [0.717, 1.165) is 30.3 Å². The van der Waals surface area contributed by atoms with Crippen LogP contribution in [0.2, 0.25) is 0 Å². The van der Waals surface area contributed by atoms with Crippen molar-refractivity contribution in [3.05, 3.63) is 70.5 Å². The molecule has 2 rings (SSSR count). The second-order valence-electron chi connectivity index (χ2n) is 4.24. The van der Waals surface area contributed by atoms with Gasteiger partial charge in [-0.25, -0.2) is 13.2 Å². The summed E-state index contributed by atoms with van der Waals surface area (Å²) in [6.07, 6.45) is -4.83. The molecule has 2 aromatic rings. The molecule has 0 saturated carbocycles.